The Hall–Kier alpha value is -2.73. The predicted molar refractivity (Wildman–Crippen MR) is 78.8 cm³/mol. The number of carbonyl (C=O) groups is 2. The number of nitrogens with zero attached hydrogens (tertiary/aromatic N) is 2. The van der Waals surface area contributed by atoms with Gasteiger partial charge in [0, 0.05) is 17.2 Å². The Morgan fingerprint density at radius 3 is 2.18 bits per heavy atom. The van der Waals surface area contributed by atoms with Crippen molar-refractivity contribution in [2.75, 3.05) is 0 Å². The van der Waals surface area contributed by atoms with Crippen molar-refractivity contribution in [1.82, 2.24) is 4.90 Å². The van der Waals surface area contributed by atoms with E-state index in [4.69, 9.17) is 11.6 Å². The average Bonchev–Trinajstić information content (AvgIpc) is 2.74. The van der Waals surface area contributed by atoms with Crippen LogP contribution in [0.1, 0.15) is 26.3 Å². The Morgan fingerprint density at radius 1 is 1.05 bits per heavy atom. The molecule has 22 heavy (non-hydrogen) atoms. The van der Waals surface area contributed by atoms with E-state index in [0.29, 0.717) is 16.7 Å². The molecule has 3 rings (SSSR count). The van der Waals surface area contributed by atoms with Crippen LogP contribution in [-0.2, 0) is 6.54 Å². The van der Waals surface area contributed by atoms with Gasteiger partial charge in [-0.15, -0.1) is 0 Å². The van der Waals surface area contributed by atoms with E-state index in [0.717, 1.165) is 4.90 Å². The van der Waals surface area contributed by atoms with Crippen molar-refractivity contribution in [3.05, 3.63) is 74.3 Å². The van der Waals surface area contributed by atoms with Crippen molar-refractivity contribution in [2.24, 2.45) is 0 Å². The first-order valence-corrected chi connectivity index (χ1v) is 6.75. The molecule has 1 aliphatic heterocycles. The number of rotatable bonds is 3. The zero-order chi connectivity index (χ0) is 15.9. The van der Waals surface area contributed by atoms with E-state index in [2.05, 4.69) is 0 Å². The molecule has 0 spiro atoms. The fourth-order valence-electron chi connectivity index (χ4n) is 2.35. The van der Waals surface area contributed by atoms with E-state index in [1.165, 1.54) is 18.2 Å². The van der Waals surface area contributed by atoms with Crippen LogP contribution in [0.5, 0.6) is 0 Å². The van der Waals surface area contributed by atoms with Gasteiger partial charge in [-0.3, -0.25) is 24.6 Å². The second-order valence-corrected chi connectivity index (χ2v) is 5.18. The Kier molecular flexibility index (Phi) is 3.38. The van der Waals surface area contributed by atoms with Crippen molar-refractivity contribution >= 4 is 29.1 Å². The topological polar surface area (TPSA) is 80.5 Å². The highest BCUT2D eigenvalue weighted by molar-refractivity contribution is 6.31. The van der Waals surface area contributed by atoms with Crippen LogP contribution in [0.4, 0.5) is 5.69 Å². The Balaban J connectivity index is 1.95. The molecule has 2 aromatic carbocycles. The van der Waals surface area contributed by atoms with Gasteiger partial charge < -0.3 is 0 Å². The molecule has 0 aromatic heterocycles. The molecule has 0 saturated heterocycles. The number of hydrogen-bond acceptors (Lipinski definition) is 4. The van der Waals surface area contributed by atoms with E-state index >= 15 is 0 Å². The van der Waals surface area contributed by atoms with E-state index in [9.17, 15) is 19.7 Å². The molecule has 110 valence electrons. The minimum atomic E-state index is -0.553. The number of carbonyl (C=O) groups excluding carboxylic acids is 2. The van der Waals surface area contributed by atoms with Crippen LogP contribution in [0.3, 0.4) is 0 Å². The first-order valence-electron chi connectivity index (χ1n) is 6.37. The molecule has 1 heterocycles. The number of nitro groups is 1. The van der Waals surface area contributed by atoms with E-state index in [1.54, 1.807) is 24.3 Å². The molecule has 2 aromatic rings. The molecule has 0 N–H and O–H groups in total. The van der Waals surface area contributed by atoms with Gasteiger partial charge in [0.25, 0.3) is 17.5 Å². The number of amides is 2. The molecule has 0 fully saturated rings. The molecule has 2 amide bonds. The fraction of sp³-hybridized carbons (Fsp3) is 0.0667. The molecule has 0 saturated carbocycles. The summed E-state index contributed by atoms with van der Waals surface area (Å²) in [5, 5.41) is 11.1. The van der Waals surface area contributed by atoms with Crippen LogP contribution in [0.2, 0.25) is 5.02 Å². The second kappa shape index (κ2) is 5.23. The molecule has 0 aliphatic carbocycles. The van der Waals surface area contributed by atoms with Gasteiger partial charge in [-0.05, 0) is 23.8 Å². The molecule has 1 aliphatic rings. The Labute approximate surface area is 130 Å². The van der Waals surface area contributed by atoms with Crippen LogP contribution in [0, 0.1) is 10.1 Å². The highest BCUT2D eigenvalue weighted by Crippen LogP contribution is 2.28. The average molecular weight is 317 g/mol. The Bertz CT molecular complexity index is 784. The largest absolute Gasteiger partial charge is 0.270 e. The molecule has 0 bridgehead atoms. The fourth-order valence-corrected chi connectivity index (χ4v) is 2.53. The van der Waals surface area contributed by atoms with Crippen molar-refractivity contribution in [1.29, 1.82) is 0 Å². The first kappa shape index (κ1) is 14.2. The van der Waals surface area contributed by atoms with Crippen LogP contribution in [0.15, 0.2) is 42.5 Å². The molecular formula is C15H9ClN2O4. The molecule has 6 nitrogen and oxygen atoms in total. The van der Waals surface area contributed by atoms with Gasteiger partial charge >= 0.3 is 0 Å². The summed E-state index contributed by atoms with van der Waals surface area (Å²) in [6.45, 7) is -0.104. The number of non-ortho nitro benzene ring substituents is 1. The van der Waals surface area contributed by atoms with Crippen LogP contribution in [-0.4, -0.2) is 21.6 Å². The normalized spacial score (nSPS) is 13.4. The third-order valence-electron chi connectivity index (χ3n) is 3.45. The first-order chi connectivity index (χ1) is 10.5. The third kappa shape index (κ3) is 2.23. The highest BCUT2D eigenvalue weighted by atomic mass is 35.5. The number of hydrogen-bond donors (Lipinski definition) is 0. The summed E-state index contributed by atoms with van der Waals surface area (Å²) in [5.41, 5.74) is 0.865. The number of fused-ring (bicyclic) bond motifs is 1. The molecule has 7 heteroatoms. The van der Waals surface area contributed by atoms with Crippen molar-refractivity contribution in [2.45, 2.75) is 6.54 Å². The molecule has 0 radical (unpaired) electrons. The maximum absolute atomic E-state index is 12.3. The number of nitro benzene ring substituents is 1. The van der Waals surface area contributed by atoms with E-state index in [-0.39, 0.29) is 17.3 Å². The number of imide groups is 1. The van der Waals surface area contributed by atoms with Crippen LogP contribution in [0.25, 0.3) is 0 Å². The summed E-state index contributed by atoms with van der Waals surface area (Å²) in [7, 11) is 0. The van der Waals surface area contributed by atoms with E-state index in [1.807, 2.05) is 0 Å². The lowest BCUT2D eigenvalue weighted by atomic mass is 10.1. The molecule has 0 unspecified atom stereocenters. The SMILES string of the molecule is O=C1c2ccccc2C(=O)N1Cc1cc([N+](=O)[O-])ccc1Cl. The standard InChI is InChI=1S/C15H9ClN2O4/c16-13-6-5-10(18(21)22)7-9(13)8-17-14(19)11-3-1-2-4-12(11)15(17)20/h1-7H,8H2. The minimum Gasteiger partial charge on any atom is -0.270 e. The van der Waals surface area contributed by atoms with Crippen molar-refractivity contribution in [3.8, 4) is 0 Å². The number of benzene rings is 2. The van der Waals surface area contributed by atoms with Gasteiger partial charge in [0.2, 0.25) is 0 Å². The Morgan fingerprint density at radius 2 is 1.64 bits per heavy atom. The van der Waals surface area contributed by atoms with E-state index < -0.39 is 16.7 Å². The lowest BCUT2D eigenvalue weighted by molar-refractivity contribution is -0.384. The summed E-state index contributed by atoms with van der Waals surface area (Å²) >= 11 is 6.01. The van der Waals surface area contributed by atoms with Crippen molar-refractivity contribution in [3.63, 3.8) is 0 Å². The quantitative estimate of drug-likeness (QED) is 0.495. The van der Waals surface area contributed by atoms with Crippen LogP contribution >= 0.6 is 11.6 Å². The lowest BCUT2D eigenvalue weighted by Crippen LogP contribution is -2.29. The van der Waals surface area contributed by atoms with Gasteiger partial charge in [0.15, 0.2) is 0 Å². The number of halogens is 1. The molecular weight excluding hydrogens is 308 g/mol. The zero-order valence-corrected chi connectivity index (χ0v) is 11.9. The predicted octanol–water partition coefficient (Wildman–Crippen LogP) is 3.04. The van der Waals surface area contributed by atoms with Gasteiger partial charge in [-0.25, -0.2) is 0 Å². The summed E-state index contributed by atoms with van der Waals surface area (Å²) < 4.78 is 0. The summed E-state index contributed by atoms with van der Waals surface area (Å²) in [6, 6.07) is 10.4. The minimum absolute atomic E-state index is 0.104. The van der Waals surface area contributed by atoms with Crippen molar-refractivity contribution < 1.29 is 14.5 Å². The maximum Gasteiger partial charge on any atom is 0.269 e. The zero-order valence-electron chi connectivity index (χ0n) is 11.2. The second-order valence-electron chi connectivity index (χ2n) is 4.77. The molecule has 0 atom stereocenters. The van der Waals surface area contributed by atoms with Crippen LogP contribution < -0.4 is 0 Å². The third-order valence-corrected chi connectivity index (χ3v) is 3.82. The summed E-state index contributed by atoms with van der Waals surface area (Å²) in [6.07, 6.45) is 0. The van der Waals surface area contributed by atoms with Gasteiger partial charge in [0.1, 0.15) is 0 Å². The van der Waals surface area contributed by atoms with Gasteiger partial charge in [-0.2, -0.15) is 0 Å². The monoisotopic (exact) mass is 316 g/mol. The summed E-state index contributed by atoms with van der Waals surface area (Å²) in [4.78, 5) is 35.8. The summed E-state index contributed by atoms with van der Waals surface area (Å²) in [5.74, 6) is -0.855. The van der Waals surface area contributed by atoms with Gasteiger partial charge in [0.05, 0.1) is 22.6 Å². The lowest BCUT2D eigenvalue weighted by Gasteiger charge is -2.14. The smallest absolute Gasteiger partial charge is 0.269 e. The maximum atomic E-state index is 12.3. The van der Waals surface area contributed by atoms with Gasteiger partial charge in [-0.1, -0.05) is 23.7 Å². The highest BCUT2D eigenvalue weighted by Gasteiger charge is 2.35.